The van der Waals surface area contributed by atoms with E-state index in [2.05, 4.69) is 14.9 Å². The van der Waals surface area contributed by atoms with Crippen LogP contribution in [-0.2, 0) is 20.2 Å². The average molecular weight is 433 g/mol. The lowest BCUT2D eigenvalue weighted by atomic mass is 10.2. The Bertz CT molecular complexity index is 1040. The van der Waals surface area contributed by atoms with Crippen molar-refractivity contribution in [3.63, 3.8) is 0 Å². The zero-order valence-electron chi connectivity index (χ0n) is 18.0. The van der Waals surface area contributed by atoms with Crippen LogP contribution >= 0.6 is 7.60 Å². The molecule has 3 aromatic rings. The van der Waals surface area contributed by atoms with Gasteiger partial charge in [-0.3, -0.25) is 4.57 Å². The molecule has 0 bridgehead atoms. The quantitative estimate of drug-likeness (QED) is 0.483. The summed E-state index contributed by atoms with van der Waals surface area (Å²) < 4.78 is 36.7. The molecule has 8 nitrogen and oxygen atoms in total. The van der Waals surface area contributed by atoms with Crippen molar-refractivity contribution >= 4 is 29.9 Å². The van der Waals surface area contributed by atoms with Crippen LogP contribution in [0.15, 0.2) is 36.4 Å². The van der Waals surface area contributed by atoms with Crippen molar-refractivity contribution in [2.24, 2.45) is 0 Å². The minimum atomic E-state index is -3.30. The van der Waals surface area contributed by atoms with Crippen molar-refractivity contribution < 1.29 is 23.1 Å². The van der Waals surface area contributed by atoms with Gasteiger partial charge in [-0.25, -0.2) is 4.98 Å². The van der Waals surface area contributed by atoms with E-state index in [-0.39, 0.29) is 0 Å². The Morgan fingerprint density at radius 3 is 2.13 bits per heavy atom. The molecule has 0 saturated heterocycles. The number of hydrogen-bond acceptors (Lipinski definition) is 7. The molecular formula is C21H28N3O5P. The van der Waals surface area contributed by atoms with E-state index in [1.807, 2.05) is 31.3 Å². The third-order valence-electron chi connectivity index (χ3n) is 4.67. The first kappa shape index (κ1) is 22.2. The number of imidazole rings is 1. The average Bonchev–Trinajstić information content (AvgIpc) is 3.09. The molecule has 3 rings (SSSR count). The molecule has 0 aliphatic carbocycles. The number of hydrogen-bond donors (Lipinski definition) is 1. The molecule has 0 aliphatic rings. The maximum absolute atomic E-state index is 13.0. The number of nitrogens with zero attached hydrogens (tertiary/aromatic N) is 2. The van der Waals surface area contributed by atoms with Crippen molar-refractivity contribution in [3.05, 3.63) is 42.0 Å². The van der Waals surface area contributed by atoms with E-state index in [1.54, 1.807) is 40.2 Å². The molecule has 0 unspecified atom stereocenters. The van der Waals surface area contributed by atoms with Crippen LogP contribution in [0.1, 0.15) is 19.4 Å². The zero-order valence-corrected chi connectivity index (χ0v) is 18.9. The summed E-state index contributed by atoms with van der Waals surface area (Å²) in [6.45, 7) is 4.79. The Hall–Kier alpha value is -2.54. The summed E-state index contributed by atoms with van der Waals surface area (Å²) in [5.74, 6) is 1.99. The Morgan fingerprint density at radius 2 is 1.60 bits per heavy atom. The molecule has 0 aliphatic heterocycles. The van der Waals surface area contributed by atoms with Crippen LogP contribution in [0.4, 0.5) is 5.95 Å². The second-order valence-corrected chi connectivity index (χ2v) is 8.49. The van der Waals surface area contributed by atoms with Crippen LogP contribution in [0, 0.1) is 0 Å². The monoisotopic (exact) mass is 433 g/mol. The Kier molecular flexibility index (Phi) is 7.02. The van der Waals surface area contributed by atoms with Crippen LogP contribution in [-0.4, -0.2) is 44.0 Å². The van der Waals surface area contributed by atoms with E-state index in [1.165, 1.54) is 0 Å². The van der Waals surface area contributed by atoms with Gasteiger partial charge in [0, 0.05) is 19.2 Å². The summed E-state index contributed by atoms with van der Waals surface area (Å²) in [4.78, 5) is 4.65. The molecule has 0 amide bonds. The highest BCUT2D eigenvalue weighted by atomic mass is 31.2. The van der Waals surface area contributed by atoms with E-state index in [0.29, 0.717) is 36.6 Å². The standard InChI is InChI=1S/C21H28N3O5P/c1-6-28-30(25,29-7-2)16-10-8-15(9-11-16)14-24-18-13-20(27-5)19(26-4)12-17(18)23-21(24)22-3/h8-13H,6-7,14H2,1-5H3,(H,22,23). The molecule has 1 N–H and O–H groups in total. The third kappa shape index (κ3) is 4.31. The fraction of sp³-hybridized carbons (Fsp3) is 0.381. The molecule has 162 valence electrons. The van der Waals surface area contributed by atoms with Crippen molar-refractivity contribution in [3.8, 4) is 11.5 Å². The first-order valence-corrected chi connectivity index (χ1v) is 11.3. The van der Waals surface area contributed by atoms with Gasteiger partial charge >= 0.3 is 7.60 Å². The number of anilines is 1. The molecule has 0 atom stereocenters. The summed E-state index contributed by atoms with van der Waals surface area (Å²) in [5.41, 5.74) is 2.73. The molecule has 0 radical (unpaired) electrons. The van der Waals surface area contributed by atoms with Gasteiger partial charge in [-0.2, -0.15) is 0 Å². The second kappa shape index (κ2) is 9.51. The minimum absolute atomic E-state index is 0.316. The number of methoxy groups -OCH3 is 2. The third-order valence-corrected chi connectivity index (χ3v) is 6.80. The van der Waals surface area contributed by atoms with Gasteiger partial charge in [0.2, 0.25) is 5.95 Å². The van der Waals surface area contributed by atoms with Gasteiger partial charge in [0.05, 0.1) is 50.3 Å². The Balaban J connectivity index is 1.96. The molecule has 1 heterocycles. The van der Waals surface area contributed by atoms with Crippen molar-refractivity contribution in [2.45, 2.75) is 20.4 Å². The van der Waals surface area contributed by atoms with Gasteiger partial charge in [-0.1, -0.05) is 12.1 Å². The number of nitrogens with one attached hydrogen (secondary N) is 1. The van der Waals surface area contributed by atoms with Crippen LogP contribution in [0.25, 0.3) is 11.0 Å². The molecule has 2 aromatic carbocycles. The lowest BCUT2D eigenvalue weighted by Gasteiger charge is -2.17. The molecular weight excluding hydrogens is 405 g/mol. The van der Waals surface area contributed by atoms with E-state index in [0.717, 1.165) is 22.5 Å². The largest absolute Gasteiger partial charge is 0.493 e. The van der Waals surface area contributed by atoms with Gasteiger partial charge in [-0.15, -0.1) is 0 Å². The van der Waals surface area contributed by atoms with Gasteiger partial charge in [0.15, 0.2) is 11.5 Å². The summed E-state index contributed by atoms with van der Waals surface area (Å²) in [7, 11) is 1.74. The molecule has 30 heavy (non-hydrogen) atoms. The fourth-order valence-electron chi connectivity index (χ4n) is 3.30. The number of fused-ring (bicyclic) bond motifs is 1. The highest BCUT2D eigenvalue weighted by Crippen LogP contribution is 2.46. The van der Waals surface area contributed by atoms with Gasteiger partial charge in [-0.05, 0) is 31.5 Å². The minimum Gasteiger partial charge on any atom is -0.493 e. The summed E-state index contributed by atoms with van der Waals surface area (Å²) in [6, 6.07) is 11.2. The topological polar surface area (TPSA) is 83.8 Å². The maximum Gasteiger partial charge on any atom is 0.361 e. The van der Waals surface area contributed by atoms with E-state index in [9.17, 15) is 4.57 Å². The van der Waals surface area contributed by atoms with Crippen LogP contribution in [0.5, 0.6) is 11.5 Å². The molecule has 9 heteroatoms. The molecule has 1 aromatic heterocycles. The van der Waals surface area contributed by atoms with E-state index in [4.69, 9.17) is 18.5 Å². The Morgan fingerprint density at radius 1 is 1.00 bits per heavy atom. The van der Waals surface area contributed by atoms with Crippen molar-refractivity contribution in [1.29, 1.82) is 0 Å². The van der Waals surface area contributed by atoms with Crippen LogP contribution < -0.4 is 20.1 Å². The molecule has 0 spiro atoms. The predicted octanol–water partition coefficient (Wildman–Crippen LogP) is 4.03. The maximum atomic E-state index is 13.0. The molecule has 0 fully saturated rings. The van der Waals surface area contributed by atoms with Gasteiger partial charge < -0.3 is 28.4 Å². The molecule has 0 saturated carbocycles. The first-order valence-electron chi connectivity index (χ1n) is 9.78. The highest BCUT2D eigenvalue weighted by Gasteiger charge is 2.26. The number of ether oxygens (including phenoxy) is 2. The zero-order chi connectivity index (χ0) is 21.7. The fourth-order valence-corrected chi connectivity index (χ4v) is 4.86. The summed E-state index contributed by atoms with van der Waals surface area (Å²) in [6.07, 6.45) is 0. The first-order chi connectivity index (χ1) is 14.5. The lowest BCUT2D eigenvalue weighted by molar-refractivity contribution is 0.230. The predicted molar refractivity (Wildman–Crippen MR) is 118 cm³/mol. The summed E-state index contributed by atoms with van der Waals surface area (Å²) >= 11 is 0. The van der Waals surface area contributed by atoms with E-state index >= 15 is 0 Å². The van der Waals surface area contributed by atoms with E-state index < -0.39 is 7.60 Å². The smallest absolute Gasteiger partial charge is 0.361 e. The van der Waals surface area contributed by atoms with Crippen molar-refractivity contribution in [1.82, 2.24) is 9.55 Å². The van der Waals surface area contributed by atoms with Crippen molar-refractivity contribution in [2.75, 3.05) is 39.8 Å². The van der Waals surface area contributed by atoms with Gasteiger partial charge in [0.1, 0.15) is 0 Å². The normalized spacial score (nSPS) is 11.6. The second-order valence-electron chi connectivity index (χ2n) is 6.47. The SMILES string of the molecule is CCOP(=O)(OCC)c1ccc(Cn2c(NC)nc3cc(OC)c(OC)cc32)cc1. The number of aromatic nitrogens is 2. The van der Waals surface area contributed by atoms with Crippen LogP contribution in [0.3, 0.4) is 0 Å². The van der Waals surface area contributed by atoms with Crippen LogP contribution in [0.2, 0.25) is 0 Å². The number of rotatable bonds is 10. The number of benzene rings is 2. The lowest BCUT2D eigenvalue weighted by Crippen LogP contribution is -2.11. The van der Waals surface area contributed by atoms with Gasteiger partial charge in [0.25, 0.3) is 0 Å². The highest BCUT2D eigenvalue weighted by molar-refractivity contribution is 7.62. The summed E-state index contributed by atoms with van der Waals surface area (Å²) in [5, 5.41) is 3.68. The Labute approximate surface area is 176 Å².